The van der Waals surface area contributed by atoms with E-state index in [1.807, 2.05) is 0 Å². The van der Waals surface area contributed by atoms with Crippen molar-refractivity contribution in [1.82, 2.24) is 0 Å². The number of fused-ring (bicyclic) bond motifs is 1. The summed E-state index contributed by atoms with van der Waals surface area (Å²) in [6.45, 7) is 0. The molecular formula is C8H12O2. The van der Waals surface area contributed by atoms with Crippen LogP contribution in [0.15, 0.2) is 0 Å². The fraction of sp³-hybridized carbons (Fsp3) is 0.875. The van der Waals surface area contributed by atoms with Gasteiger partial charge >= 0.3 is 0 Å². The molecule has 0 amide bonds. The lowest BCUT2D eigenvalue weighted by Gasteiger charge is -2.18. The van der Waals surface area contributed by atoms with Crippen molar-refractivity contribution >= 4 is 5.78 Å². The lowest BCUT2D eigenvalue weighted by molar-refractivity contribution is -0.134. The summed E-state index contributed by atoms with van der Waals surface area (Å²) in [7, 11) is 1.66. The molecule has 2 aliphatic rings. The molecule has 0 heterocycles. The fourth-order valence-corrected chi connectivity index (χ4v) is 2.07. The van der Waals surface area contributed by atoms with Crippen molar-refractivity contribution < 1.29 is 9.53 Å². The number of rotatable bonds is 1. The van der Waals surface area contributed by atoms with E-state index in [4.69, 9.17) is 4.74 Å². The second-order valence-corrected chi connectivity index (χ2v) is 3.31. The van der Waals surface area contributed by atoms with Gasteiger partial charge in [0.05, 0.1) is 0 Å². The minimum atomic E-state index is -0.293. The minimum Gasteiger partial charge on any atom is -0.370 e. The maximum atomic E-state index is 11.3. The number of hydrogen-bond acceptors (Lipinski definition) is 2. The molecule has 0 spiro atoms. The summed E-state index contributed by atoms with van der Waals surface area (Å²) in [6, 6.07) is 0. The van der Waals surface area contributed by atoms with Gasteiger partial charge in [0.2, 0.25) is 0 Å². The van der Waals surface area contributed by atoms with Gasteiger partial charge in [-0.25, -0.2) is 0 Å². The van der Waals surface area contributed by atoms with E-state index in [-0.39, 0.29) is 5.60 Å². The van der Waals surface area contributed by atoms with Crippen LogP contribution in [0.3, 0.4) is 0 Å². The zero-order valence-electron chi connectivity index (χ0n) is 6.22. The third-order valence-corrected chi connectivity index (χ3v) is 2.84. The number of ketones is 1. The van der Waals surface area contributed by atoms with Gasteiger partial charge in [-0.1, -0.05) is 0 Å². The first-order chi connectivity index (χ1) is 4.79. The van der Waals surface area contributed by atoms with Crippen molar-refractivity contribution in [2.75, 3.05) is 7.11 Å². The Kier molecular flexibility index (Phi) is 1.15. The zero-order chi connectivity index (χ0) is 7.19. The predicted octanol–water partition coefficient (Wildman–Crippen LogP) is 1.14. The van der Waals surface area contributed by atoms with Gasteiger partial charge in [-0.15, -0.1) is 0 Å². The molecule has 2 rings (SSSR count). The largest absolute Gasteiger partial charge is 0.370 e. The minimum absolute atomic E-state index is 0.293. The highest BCUT2D eigenvalue weighted by Crippen LogP contribution is 2.53. The molecule has 2 fully saturated rings. The molecule has 2 heteroatoms. The van der Waals surface area contributed by atoms with Crippen molar-refractivity contribution in [1.29, 1.82) is 0 Å². The normalized spacial score (nSPS) is 44.9. The summed E-state index contributed by atoms with van der Waals surface area (Å²) in [5.41, 5.74) is -0.293. The standard InChI is InChI=1S/C8H12O2/c1-10-8-5-6(8)3-2-4-7(8)9/h6H,2-5H2,1H3. The van der Waals surface area contributed by atoms with Crippen molar-refractivity contribution in [2.45, 2.75) is 31.3 Å². The van der Waals surface area contributed by atoms with E-state index in [0.29, 0.717) is 11.7 Å². The van der Waals surface area contributed by atoms with Gasteiger partial charge in [0.1, 0.15) is 5.60 Å². The Morgan fingerprint density at radius 1 is 1.70 bits per heavy atom. The van der Waals surface area contributed by atoms with Crippen molar-refractivity contribution in [3.8, 4) is 0 Å². The number of carbonyl (C=O) groups excluding carboxylic acids is 1. The monoisotopic (exact) mass is 140 g/mol. The molecule has 0 saturated heterocycles. The van der Waals surface area contributed by atoms with Crippen LogP contribution in [0.1, 0.15) is 25.7 Å². The Bertz CT molecular complexity index is 176. The second-order valence-electron chi connectivity index (χ2n) is 3.31. The van der Waals surface area contributed by atoms with E-state index in [0.717, 1.165) is 19.3 Å². The van der Waals surface area contributed by atoms with Gasteiger partial charge in [0.25, 0.3) is 0 Å². The van der Waals surface area contributed by atoms with E-state index < -0.39 is 0 Å². The lowest BCUT2D eigenvalue weighted by atomic mass is 9.96. The summed E-state index contributed by atoms with van der Waals surface area (Å²) < 4.78 is 5.22. The first kappa shape index (κ1) is 6.35. The van der Waals surface area contributed by atoms with Gasteiger partial charge in [-0.2, -0.15) is 0 Å². The number of carbonyl (C=O) groups is 1. The zero-order valence-corrected chi connectivity index (χ0v) is 6.22. The average molecular weight is 140 g/mol. The van der Waals surface area contributed by atoms with Gasteiger partial charge in [0.15, 0.2) is 5.78 Å². The first-order valence-corrected chi connectivity index (χ1v) is 3.88. The number of Topliss-reactive ketones (excluding diaryl/α,β-unsaturated/α-hetero) is 1. The molecule has 0 aliphatic heterocycles. The Morgan fingerprint density at radius 2 is 2.50 bits per heavy atom. The molecule has 10 heavy (non-hydrogen) atoms. The van der Waals surface area contributed by atoms with E-state index in [1.54, 1.807) is 7.11 Å². The molecule has 2 unspecified atom stereocenters. The van der Waals surface area contributed by atoms with Crippen molar-refractivity contribution in [3.05, 3.63) is 0 Å². The Labute approximate surface area is 60.6 Å². The third kappa shape index (κ3) is 0.601. The van der Waals surface area contributed by atoms with E-state index in [2.05, 4.69) is 0 Å². The smallest absolute Gasteiger partial charge is 0.164 e. The van der Waals surface area contributed by atoms with Crippen LogP contribution in [0, 0.1) is 5.92 Å². The second kappa shape index (κ2) is 1.82. The number of hydrogen-bond donors (Lipinski definition) is 0. The van der Waals surface area contributed by atoms with Crippen molar-refractivity contribution in [3.63, 3.8) is 0 Å². The molecule has 0 N–H and O–H groups in total. The van der Waals surface area contributed by atoms with Crippen LogP contribution in [0.2, 0.25) is 0 Å². The SMILES string of the molecule is COC12CC1CCCC2=O. The Hall–Kier alpha value is -0.370. The molecule has 56 valence electrons. The summed E-state index contributed by atoms with van der Waals surface area (Å²) in [6.07, 6.45) is 4.00. The molecule has 2 saturated carbocycles. The highest BCUT2D eigenvalue weighted by atomic mass is 16.5. The summed E-state index contributed by atoms with van der Waals surface area (Å²) >= 11 is 0. The molecule has 0 aromatic carbocycles. The topological polar surface area (TPSA) is 26.3 Å². The van der Waals surface area contributed by atoms with Crippen LogP contribution in [0.5, 0.6) is 0 Å². The number of methoxy groups -OCH3 is 1. The van der Waals surface area contributed by atoms with Crippen molar-refractivity contribution in [2.24, 2.45) is 5.92 Å². The Morgan fingerprint density at radius 3 is 3.00 bits per heavy atom. The van der Waals surface area contributed by atoms with Crippen LogP contribution in [0.25, 0.3) is 0 Å². The maximum absolute atomic E-state index is 11.3. The summed E-state index contributed by atoms with van der Waals surface area (Å²) in [5, 5.41) is 0. The fourth-order valence-electron chi connectivity index (χ4n) is 2.07. The third-order valence-electron chi connectivity index (χ3n) is 2.84. The van der Waals surface area contributed by atoms with Crippen LogP contribution < -0.4 is 0 Å². The van der Waals surface area contributed by atoms with E-state index >= 15 is 0 Å². The molecule has 2 nitrogen and oxygen atoms in total. The maximum Gasteiger partial charge on any atom is 0.164 e. The predicted molar refractivity (Wildman–Crippen MR) is 36.7 cm³/mol. The molecule has 0 radical (unpaired) electrons. The average Bonchev–Trinajstić information content (AvgIpc) is 2.65. The van der Waals surface area contributed by atoms with Crippen LogP contribution in [0.4, 0.5) is 0 Å². The highest BCUT2D eigenvalue weighted by molar-refractivity contribution is 5.91. The van der Waals surface area contributed by atoms with Gasteiger partial charge in [0, 0.05) is 13.5 Å². The highest BCUT2D eigenvalue weighted by Gasteiger charge is 2.61. The first-order valence-electron chi connectivity index (χ1n) is 3.88. The van der Waals surface area contributed by atoms with Gasteiger partial charge < -0.3 is 4.74 Å². The van der Waals surface area contributed by atoms with E-state index in [1.165, 1.54) is 6.42 Å². The lowest BCUT2D eigenvalue weighted by Crippen LogP contribution is -2.30. The molecule has 2 atom stereocenters. The number of ether oxygens (including phenoxy) is 1. The Balaban J connectivity index is 2.17. The summed E-state index contributed by atoms with van der Waals surface area (Å²) in [4.78, 5) is 11.3. The van der Waals surface area contributed by atoms with E-state index in [9.17, 15) is 4.79 Å². The molecule has 0 aromatic rings. The molecular weight excluding hydrogens is 128 g/mol. The molecule has 2 aliphatic carbocycles. The van der Waals surface area contributed by atoms with Crippen LogP contribution >= 0.6 is 0 Å². The molecule has 0 bridgehead atoms. The summed E-state index contributed by atoms with van der Waals surface area (Å²) in [5.74, 6) is 0.907. The van der Waals surface area contributed by atoms with Gasteiger partial charge in [-0.3, -0.25) is 4.79 Å². The quantitative estimate of drug-likeness (QED) is 0.546. The van der Waals surface area contributed by atoms with Crippen LogP contribution in [-0.2, 0) is 9.53 Å². The van der Waals surface area contributed by atoms with Gasteiger partial charge in [-0.05, 0) is 25.2 Å². The van der Waals surface area contributed by atoms with Crippen LogP contribution in [-0.4, -0.2) is 18.5 Å². The molecule has 0 aromatic heterocycles.